The molecule has 108 valence electrons. The first-order valence-electron chi connectivity index (χ1n) is 5.01. The normalized spacial score (nSPS) is 12.8. The van der Waals surface area contributed by atoms with E-state index in [1.807, 2.05) is 0 Å². The van der Waals surface area contributed by atoms with E-state index in [-0.39, 0.29) is 10.8 Å². The molecule has 0 radical (unpaired) electrons. The van der Waals surface area contributed by atoms with E-state index < -0.39 is 35.8 Å². The van der Waals surface area contributed by atoms with Gasteiger partial charge in [0.05, 0.1) is 0 Å². The number of rotatable bonds is 2. The Morgan fingerprint density at radius 3 is 1.75 bits per heavy atom. The van der Waals surface area contributed by atoms with E-state index in [9.17, 15) is 21.9 Å². The average molecular weight is 380 g/mol. The Hall–Kier alpha value is -1.12. The van der Waals surface area contributed by atoms with Crippen molar-refractivity contribution < 1.29 is 31.0 Å². The molecule has 0 aromatic heterocycles. The molecule has 1 unspecified atom stereocenters. The van der Waals surface area contributed by atoms with Crippen molar-refractivity contribution in [1.82, 2.24) is 0 Å². The van der Waals surface area contributed by atoms with Crippen molar-refractivity contribution in [2.24, 2.45) is 0 Å². The number of fused-ring (bicyclic) bond motifs is 1. The first kappa shape index (κ1) is 15.3. The zero-order valence-corrected chi connectivity index (χ0v) is 13.7. The van der Waals surface area contributed by atoms with Gasteiger partial charge in [0.15, 0.2) is 0 Å². The molecule has 0 aliphatic heterocycles. The van der Waals surface area contributed by atoms with Gasteiger partial charge in [-0.2, -0.15) is 0 Å². The first-order chi connectivity index (χ1) is 9.00. The molecule has 2 aromatic rings. The first-order valence-corrected chi connectivity index (χ1v) is 9.10. The number of aromatic hydroxyl groups is 1. The Morgan fingerprint density at radius 2 is 1.30 bits per heavy atom. The van der Waals surface area contributed by atoms with Gasteiger partial charge in [-0.05, 0) is 0 Å². The fraction of sp³-hybridized carbons (Fsp3) is 0. The van der Waals surface area contributed by atoms with Gasteiger partial charge < -0.3 is 0 Å². The molecule has 10 heteroatoms. The van der Waals surface area contributed by atoms with Crippen LogP contribution in [0.25, 0.3) is 10.8 Å². The van der Waals surface area contributed by atoms with Gasteiger partial charge in [0.25, 0.3) is 0 Å². The van der Waals surface area contributed by atoms with Gasteiger partial charge in [-0.3, -0.25) is 0 Å². The molecule has 0 saturated carbocycles. The minimum atomic E-state index is -4.54. The van der Waals surface area contributed by atoms with E-state index in [1.54, 1.807) is 0 Å². The van der Waals surface area contributed by atoms with Gasteiger partial charge in [-0.1, -0.05) is 0 Å². The summed E-state index contributed by atoms with van der Waals surface area (Å²) in [5.74, 6) is -0.406. The van der Waals surface area contributed by atoms with E-state index in [1.165, 1.54) is 6.07 Å². The number of phenolic OH excluding ortho intramolecular Hbond substituents is 1. The summed E-state index contributed by atoms with van der Waals surface area (Å²) in [6.45, 7) is 0. The third-order valence-corrected chi connectivity index (χ3v) is 5.22. The van der Waals surface area contributed by atoms with Crippen molar-refractivity contribution in [2.75, 3.05) is 0 Å². The molecule has 20 heavy (non-hydrogen) atoms. The maximum atomic E-state index is 11.1. The Morgan fingerprint density at radius 1 is 0.850 bits per heavy atom. The summed E-state index contributed by atoms with van der Waals surface area (Å²) >= 11 is 0.980. The SMILES string of the molecule is O=S(=O)(O)c1cc(O)c2c([AsH2])cc(S(=O)(=O)O)cc2c1. The van der Waals surface area contributed by atoms with E-state index in [2.05, 4.69) is 0 Å². The summed E-state index contributed by atoms with van der Waals surface area (Å²) in [6.07, 6.45) is 0. The summed E-state index contributed by atoms with van der Waals surface area (Å²) in [7, 11) is -9.01. The molecule has 0 spiro atoms. The van der Waals surface area contributed by atoms with Gasteiger partial charge in [0.2, 0.25) is 0 Å². The van der Waals surface area contributed by atoms with Crippen molar-refractivity contribution >= 4 is 52.2 Å². The molecule has 0 saturated heterocycles. The monoisotopic (exact) mass is 380 g/mol. The second kappa shape index (κ2) is 4.71. The summed E-state index contributed by atoms with van der Waals surface area (Å²) < 4.78 is 62.8. The Balaban J connectivity index is 2.95. The van der Waals surface area contributed by atoms with Crippen LogP contribution in [0.4, 0.5) is 0 Å². The molecule has 2 aromatic carbocycles. The van der Waals surface area contributed by atoms with Crippen LogP contribution < -0.4 is 4.35 Å². The van der Waals surface area contributed by atoms with E-state index in [4.69, 9.17) is 9.11 Å². The molecule has 0 aliphatic rings. The summed E-state index contributed by atoms with van der Waals surface area (Å²) in [5, 5.41) is 10.1. The maximum absolute atomic E-state index is 11.1. The van der Waals surface area contributed by atoms with E-state index in [0.29, 0.717) is 4.35 Å². The van der Waals surface area contributed by atoms with Crippen LogP contribution in [0.15, 0.2) is 34.1 Å². The minimum absolute atomic E-state index is 0.0760. The summed E-state index contributed by atoms with van der Waals surface area (Å²) in [6, 6.07) is 4.07. The van der Waals surface area contributed by atoms with Gasteiger partial charge in [0.1, 0.15) is 0 Å². The topological polar surface area (TPSA) is 129 Å². The molecule has 0 amide bonds. The standard InChI is InChI=1S/C10H9AsO7S2/c11-8-3-6(19(13,14)15)1-5-2-7(20(16,17)18)4-9(12)10(5)8/h1-4,12H,11H2,(H,13,14,15)(H,16,17,18). The Bertz CT molecular complexity index is 844. The second-order valence-corrected chi connectivity index (χ2v) is 8.15. The van der Waals surface area contributed by atoms with E-state index >= 15 is 0 Å². The molecule has 0 aliphatic carbocycles. The molecule has 1 atom stereocenters. The van der Waals surface area contributed by atoms with Crippen LogP contribution >= 0.6 is 0 Å². The van der Waals surface area contributed by atoms with Crippen molar-refractivity contribution in [1.29, 1.82) is 0 Å². The molecular weight excluding hydrogens is 371 g/mol. The average Bonchev–Trinajstić information content (AvgIpc) is 2.25. The predicted molar refractivity (Wildman–Crippen MR) is 73.4 cm³/mol. The molecule has 7 nitrogen and oxygen atoms in total. The number of phenols is 1. The van der Waals surface area contributed by atoms with Crippen LogP contribution in [-0.2, 0) is 20.2 Å². The van der Waals surface area contributed by atoms with Crippen LogP contribution in [-0.4, -0.2) is 47.9 Å². The van der Waals surface area contributed by atoms with Crippen LogP contribution in [0, 0.1) is 0 Å². The molecule has 3 N–H and O–H groups in total. The zero-order chi connectivity index (χ0) is 15.3. The molecular formula is C10H9AsO7S2. The fourth-order valence-corrected chi connectivity index (χ4v) is 4.15. The van der Waals surface area contributed by atoms with Crippen molar-refractivity contribution in [3.8, 4) is 5.75 Å². The molecule has 0 bridgehead atoms. The Labute approximate surface area is 123 Å². The van der Waals surface area contributed by atoms with Crippen molar-refractivity contribution in [3.05, 3.63) is 24.3 Å². The molecule has 0 heterocycles. The molecule has 2 rings (SSSR count). The third-order valence-electron chi connectivity index (χ3n) is 2.60. The van der Waals surface area contributed by atoms with E-state index in [0.717, 1.165) is 35.1 Å². The number of hydrogen-bond donors (Lipinski definition) is 3. The zero-order valence-electron chi connectivity index (χ0n) is 9.68. The second-order valence-electron chi connectivity index (χ2n) is 4.00. The van der Waals surface area contributed by atoms with Crippen molar-refractivity contribution in [3.63, 3.8) is 0 Å². The third kappa shape index (κ3) is 2.82. The quantitative estimate of drug-likeness (QED) is 0.464. The van der Waals surface area contributed by atoms with Gasteiger partial charge in [0, 0.05) is 0 Å². The Kier molecular flexibility index (Phi) is 3.60. The van der Waals surface area contributed by atoms with Crippen LogP contribution in [0.2, 0.25) is 0 Å². The fourth-order valence-electron chi connectivity index (χ4n) is 1.77. The number of benzene rings is 2. The van der Waals surface area contributed by atoms with Crippen LogP contribution in [0.5, 0.6) is 5.75 Å². The number of hydrogen-bond acceptors (Lipinski definition) is 5. The van der Waals surface area contributed by atoms with Gasteiger partial charge in [-0.15, -0.1) is 0 Å². The van der Waals surface area contributed by atoms with Crippen LogP contribution in [0.3, 0.4) is 0 Å². The molecule has 0 fully saturated rings. The van der Waals surface area contributed by atoms with Gasteiger partial charge in [-0.25, -0.2) is 0 Å². The van der Waals surface area contributed by atoms with Gasteiger partial charge >= 0.3 is 123 Å². The summed E-state index contributed by atoms with van der Waals surface area (Å²) in [5.41, 5.74) is 0. The summed E-state index contributed by atoms with van der Waals surface area (Å²) in [4.78, 5) is -0.988. The van der Waals surface area contributed by atoms with Crippen molar-refractivity contribution in [2.45, 2.75) is 9.79 Å². The van der Waals surface area contributed by atoms with Crippen LogP contribution in [0.1, 0.15) is 0 Å². The predicted octanol–water partition coefficient (Wildman–Crippen LogP) is -0.703.